The van der Waals surface area contributed by atoms with Crippen LogP contribution in [0.25, 0.3) is 0 Å². The molecule has 8 nitrogen and oxygen atoms in total. The molecule has 0 saturated heterocycles. The van der Waals surface area contributed by atoms with E-state index in [1.807, 2.05) is 6.07 Å². The van der Waals surface area contributed by atoms with Crippen LogP contribution < -0.4 is 16.0 Å². The quantitative estimate of drug-likeness (QED) is 0.442. The zero-order chi connectivity index (χ0) is 23.0. The van der Waals surface area contributed by atoms with Crippen LogP contribution >= 0.6 is 0 Å². The smallest absolute Gasteiger partial charge is 0.329 e. The molecule has 0 fully saturated rings. The molecule has 0 aliphatic heterocycles. The maximum atomic E-state index is 12.6. The summed E-state index contributed by atoms with van der Waals surface area (Å²) < 4.78 is 5.27. The topological polar surface area (TPSA) is 114 Å². The number of hydrogen-bond acceptors (Lipinski definition) is 5. The second kappa shape index (κ2) is 10.9. The average Bonchev–Trinajstić information content (AvgIpc) is 2.72. The van der Waals surface area contributed by atoms with Crippen molar-refractivity contribution < 1.29 is 23.9 Å². The first-order valence-corrected chi connectivity index (χ1v) is 9.92. The normalized spacial score (nSPS) is 12.4. The van der Waals surface area contributed by atoms with E-state index in [0.29, 0.717) is 16.9 Å². The summed E-state index contributed by atoms with van der Waals surface area (Å²) in [6, 6.07) is 13.7. The summed E-state index contributed by atoms with van der Waals surface area (Å²) in [7, 11) is 0. The van der Waals surface area contributed by atoms with Gasteiger partial charge in [-0.1, -0.05) is 32.0 Å². The van der Waals surface area contributed by atoms with Crippen molar-refractivity contribution in [2.45, 2.75) is 39.8 Å². The van der Waals surface area contributed by atoms with Crippen LogP contribution in [-0.4, -0.2) is 35.8 Å². The van der Waals surface area contributed by atoms with Gasteiger partial charge in [-0.25, -0.2) is 9.59 Å². The number of benzene rings is 2. The summed E-state index contributed by atoms with van der Waals surface area (Å²) in [6.07, 6.45) is -1.08. The van der Waals surface area contributed by atoms with Crippen LogP contribution in [0.4, 0.5) is 16.2 Å². The minimum absolute atomic E-state index is 0.0799. The van der Waals surface area contributed by atoms with E-state index in [9.17, 15) is 19.2 Å². The monoisotopic (exact) mass is 425 g/mol. The highest BCUT2D eigenvalue weighted by Gasteiger charge is 2.29. The summed E-state index contributed by atoms with van der Waals surface area (Å²) in [6.45, 7) is 6.42. The number of nitrogens with one attached hydrogen (secondary N) is 3. The van der Waals surface area contributed by atoms with Gasteiger partial charge in [0.15, 0.2) is 11.9 Å². The van der Waals surface area contributed by atoms with E-state index in [-0.39, 0.29) is 11.7 Å². The Morgan fingerprint density at radius 2 is 1.39 bits per heavy atom. The molecule has 0 aliphatic carbocycles. The number of ketones is 1. The number of anilines is 2. The zero-order valence-electron chi connectivity index (χ0n) is 18.0. The van der Waals surface area contributed by atoms with Gasteiger partial charge in [-0.3, -0.25) is 9.59 Å². The first kappa shape index (κ1) is 23.6. The molecule has 3 amide bonds. The third-order valence-electron chi connectivity index (χ3n) is 4.46. The van der Waals surface area contributed by atoms with Crippen molar-refractivity contribution in [2.24, 2.45) is 5.92 Å². The van der Waals surface area contributed by atoms with Gasteiger partial charge in [0, 0.05) is 16.9 Å². The number of para-hydroxylation sites is 1. The molecule has 164 valence electrons. The fourth-order valence-electron chi connectivity index (χ4n) is 2.66. The van der Waals surface area contributed by atoms with E-state index in [1.54, 1.807) is 62.4 Å². The second-order valence-electron chi connectivity index (χ2n) is 7.39. The molecule has 8 heteroatoms. The van der Waals surface area contributed by atoms with Gasteiger partial charge in [-0.05, 0) is 56.2 Å². The van der Waals surface area contributed by atoms with Gasteiger partial charge in [0.1, 0.15) is 6.04 Å². The standard InChI is InChI=1S/C23H27N3O5/c1-14(2)20(26-23(30)25-18-8-6-5-7-9-18)22(29)31-16(4)21(28)24-19-12-10-17(11-13-19)15(3)27/h5-14,16,20H,1-4H3,(H,24,28)(H2,25,26,30)/t16-,20+/m0/s1. The van der Waals surface area contributed by atoms with E-state index in [0.717, 1.165) is 0 Å². The molecule has 0 saturated carbocycles. The number of hydrogen-bond donors (Lipinski definition) is 3. The molecule has 31 heavy (non-hydrogen) atoms. The molecule has 2 atom stereocenters. The first-order chi connectivity index (χ1) is 14.7. The molecule has 2 aromatic rings. The lowest BCUT2D eigenvalue weighted by molar-refractivity contribution is -0.156. The van der Waals surface area contributed by atoms with Crippen LogP contribution in [0.5, 0.6) is 0 Å². The third-order valence-corrected chi connectivity index (χ3v) is 4.46. The highest BCUT2D eigenvalue weighted by atomic mass is 16.5. The first-order valence-electron chi connectivity index (χ1n) is 9.92. The fraction of sp³-hybridized carbons (Fsp3) is 0.304. The number of carbonyl (C=O) groups excluding carboxylic acids is 4. The molecule has 3 N–H and O–H groups in total. The minimum atomic E-state index is -1.08. The number of rotatable bonds is 8. The number of urea groups is 1. The van der Waals surface area contributed by atoms with Gasteiger partial charge in [0.25, 0.3) is 5.91 Å². The van der Waals surface area contributed by atoms with Gasteiger partial charge in [0.05, 0.1) is 0 Å². The molecule has 0 unspecified atom stereocenters. The Balaban J connectivity index is 1.93. The van der Waals surface area contributed by atoms with E-state index >= 15 is 0 Å². The number of Topliss-reactive ketones (excluding diaryl/α,β-unsaturated/α-hetero) is 1. The Kier molecular flexibility index (Phi) is 8.31. The van der Waals surface area contributed by atoms with Gasteiger partial charge in [-0.2, -0.15) is 0 Å². The molecule has 0 bridgehead atoms. The largest absolute Gasteiger partial charge is 0.451 e. The van der Waals surface area contributed by atoms with Crippen molar-refractivity contribution in [2.75, 3.05) is 10.6 Å². The van der Waals surface area contributed by atoms with Crippen LogP contribution in [-0.2, 0) is 14.3 Å². The summed E-state index contributed by atoms with van der Waals surface area (Å²) in [4.78, 5) is 48.5. The van der Waals surface area contributed by atoms with Crippen LogP contribution in [0, 0.1) is 5.92 Å². The van der Waals surface area contributed by atoms with E-state index < -0.39 is 30.1 Å². The molecule has 2 aromatic carbocycles. The van der Waals surface area contributed by atoms with Gasteiger partial charge < -0.3 is 20.7 Å². The Labute approximate surface area is 181 Å². The molecule has 0 heterocycles. The lowest BCUT2D eigenvalue weighted by atomic mass is 10.0. The van der Waals surface area contributed by atoms with Gasteiger partial charge >= 0.3 is 12.0 Å². The van der Waals surface area contributed by atoms with Crippen molar-refractivity contribution in [3.63, 3.8) is 0 Å². The zero-order valence-corrected chi connectivity index (χ0v) is 18.0. The summed E-state index contributed by atoms with van der Waals surface area (Å²) in [5.41, 5.74) is 1.58. The highest BCUT2D eigenvalue weighted by molar-refractivity contribution is 5.98. The number of amides is 3. The maximum Gasteiger partial charge on any atom is 0.329 e. The van der Waals surface area contributed by atoms with Crippen LogP contribution in [0.15, 0.2) is 54.6 Å². The lowest BCUT2D eigenvalue weighted by Crippen LogP contribution is -2.48. The summed E-state index contributed by atoms with van der Waals surface area (Å²) >= 11 is 0. The Morgan fingerprint density at radius 3 is 1.94 bits per heavy atom. The lowest BCUT2D eigenvalue weighted by Gasteiger charge is -2.23. The third kappa shape index (κ3) is 7.26. The Bertz CT molecular complexity index is 926. The number of ether oxygens (including phenoxy) is 1. The van der Waals surface area contributed by atoms with E-state index in [1.165, 1.54) is 13.8 Å². The van der Waals surface area contributed by atoms with Crippen molar-refractivity contribution in [3.8, 4) is 0 Å². The average molecular weight is 425 g/mol. The second-order valence-corrected chi connectivity index (χ2v) is 7.39. The molecule has 0 radical (unpaired) electrons. The SMILES string of the molecule is CC(=O)c1ccc(NC(=O)[C@H](C)OC(=O)[C@H](NC(=O)Nc2ccccc2)C(C)C)cc1. The van der Waals surface area contributed by atoms with Crippen molar-refractivity contribution in [3.05, 3.63) is 60.2 Å². The maximum absolute atomic E-state index is 12.6. The highest BCUT2D eigenvalue weighted by Crippen LogP contribution is 2.12. The van der Waals surface area contributed by atoms with Crippen LogP contribution in [0.3, 0.4) is 0 Å². The number of carbonyl (C=O) groups is 4. The summed E-state index contributed by atoms with van der Waals surface area (Å²) in [5.74, 6) is -1.58. The molecule has 0 aliphatic rings. The fourth-order valence-corrected chi connectivity index (χ4v) is 2.66. The van der Waals surface area contributed by atoms with Crippen molar-refractivity contribution in [1.82, 2.24) is 5.32 Å². The molecule has 2 rings (SSSR count). The molecule has 0 aromatic heterocycles. The predicted octanol–water partition coefficient (Wildman–Crippen LogP) is 3.61. The Morgan fingerprint density at radius 1 is 0.806 bits per heavy atom. The van der Waals surface area contributed by atoms with E-state index in [2.05, 4.69) is 16.0 Å². The minimum Gasteiger partial charge on any atom is -0.451 e. The molecule has 0 spiro atoms. The molecular weight excluding hydrogens is 398 g/mol. The van der Waals surface area contributed by atoms with Gasteiger partial charge in [0.2, 0.25) is 0 Å². The van der Waals surface area contributed by atoms with Crippen LogP contribution in [0.2, 0.25) is 0 Å². The van der Waals surface area contributed by atoms with Crippen molar-refractivity contribution in [1.29, 1.82) is 0 Å². The summed E-state index contributed by atoms with van der Waals surface area (Å²) in [5, 5.41) is 7.86. The Hall–Kier alpha value is -3.68. The van der Waals surface area contributed by atoms with E-state index in [4.69, 9.17) is 4.74 Å². The number of esters is 1. The predicted molar refractivity (Wildman–Crippen MR) is 118 cm³/mol. The van der Waals surface area contributed by atoms with Crippen molar-refractivity contribution >= 4 is 35.1 Å². The van der Waals surface area contributed by atoms with Gasteiger partial charge in [-0.15, -0.1) is 0 Å². The van der Waals surface area contributed by atoms with Crippen LogP contribution in [0.1, 0.15) is 38.1 Å². The molecular formula is C23H27N3O5.